The summed E-state index contributed by atoms with van der Waals surface area (Å²) in [7, 11) is 0. The van der Waals surface area contributed by atoms with Gasteiger partial charge >= 0.3 is 0 Å². The molecule has 2 N–H and O–H groups in total. The van der Waals surface area contributed by atoms with Gasteiger partial charge in [-0.2, -0.15) is 0 Å². The van der Waals surface area contributed by atoms with Crippen LogP contribution in [0.25, 0.3) is 11.3 Å². The van der Waals surface area contributed by atoms with E-state index in [1.54, 1.807) is 0 Å². The van der Waals surface area contributed by atoms with Gasteiger partial charge in [-0.3, -0.25) is 4.79 Å². The van der Waals surface area contributed by atoms with Crippen LogP contribution in [0.4, 0.5) is 0 Å². The molecule has 0 saturated carbocycles. The molecule has 0 atom stereocenters. The zero-order valence-electron chi connectivity index (χ0n) is 16.6. The van der Waals surface area contributed by atoms with E-state index in [9.17, 15) is 4.79 Å². The Kier molecular flexibility index (Phi) is 4.38. The first kappa shape index (κ1) is 18.5. The molecule has 3 rings (SSSR count). The molecule has 1 aliphatic carbocycles. The van der Waals surface area contributed by atoms with Crippen LogP contribution in [0.15, 0.2) is 36.9 Å². The van der Waals surface area contributed by atoms with Crippen LogP contribution < -0.4 is 5.73 Å². The van der Waals surface area contributed by atoms with E-state index < -0.39 is 0 Å². The Morgan fingerprint density at radius 1 is 1.15 bits per heavy atom. The second-order valence-corrected chi connectivity index (χ2v) is 8.82. The topological polar surface area (TPSA) is 48.0 Å². The third-order valence-corrected chi connectivity index (χ3v) is 6.09. The van der Waals surface area contributed by atoms with Crippen molar-refractivity contribution in [3.63, 3.8) is 0 Å². The Labute approximate surface area is 156 Å². The van der Waals surface area contributed by atoms with Crippen molar-refractivity contribution in [2.75, 3.05) is 0 Å². The van der Waals surface area contributed by atoms with E-state index in [1.807, 2.05) is 19.1 Å². The van der Waals surface area contributed by atoms with Gasteiger partial charge in [-0.15, -0.1) is 6.58 Å². The molecule has 1 amide bonds. The van der Waals surface area contributed by atoms with Crippen molar-refractivity contribution < 1.29 is 4.79 Å². The van der Waals surface area contributed by atoms with Crippen molar-refractivity contribution >= 4 is 5.91 Å². The maximum atomic E-state index is 11.8. The van der Waals surface area contributed by atoms with Crippen LogP contribution in [0.5, 0.6) is 0 Å². The molecule has 1 heterocycles. The minimum atomic E-state index is -0.383. The fourth-order valence-corrected chi connectivity index (χ4v) is 4.25. The van der Waals surface area contributed by atoms with Gasteiger partial charge in [0.25, 0.3) is 5.91 Å². The number of amides is 1. The van der Waals surface area contributed by atoms with E-state index in [0.29, 0.717) is 12.1 Å². The lowest BCUT2D eigenvalue weighted by molar-refractivity contribution is 0.0999. The van der Waals surface area contributed by atoms with E-state index in [2.05, 4.69) is 57.0 Å². The molecule has 26 heavy (non-hydrogen) atoms. The minimum Gasteiger partial charge on any atom is -0.366 e. The van der Waals surface area contributed by atoms with Crippen LogP contribution in [-0.4, -0.2) is 10.5 Å². The zero-order chi connectivity index (χ0) is 19.3. The van der Waals surface area contributed by atoms with Crippen molar-refractivity contribution in [1.29, 1.82) is 0 Å². The number of hydrogen-bond donors (Lipinski definition) is 1. The summed E-state index contributed by atoms with van der Waals surface area (Å²) in [4.78, 5) is 11.8. The van der Waals surface area contributed by atoms with Gasteiger partial charge in [-0.25, -0.2) is 0 Å². The molecule has 1 aliphatic rings. The van der Waals surface area contributed by atoms with Gasteiger partial charge < -0.3 is 10.3 Å². The number of aromatic nitrogens is 1. The van der Waals surface area contributed by atoms with Crippen molar-refractivity contribution in [2.45, 2.75) is 64.8 Å². The fraction of sp³-hybridized carbons (Fsp3) is 0.435. The molecule has 0 bridgehead atoms. The summed E-state index contributed by atoms with van der Waals surface area (Å²) in [5, 5.41) is 0. The quantitative estimate of drug-likeness (QED) is 0.766. The summed E-state index contributed by atoms with van der Waals surface area (Å²) < 4.78 is 2.12. The monoisotopic (exact) mass is 350 g/mol. The van der Waals surface area contributed by atoms with Crippen molar-refractivity contribution in [1.82, 2.24) is 4.57 Å². The van der Waals surface area contributed by atoms with Crippen LogP contribution in [-0.2, 0) is 17.4 Å². The fourth-order valence-electron chi connectivity index (χ4n) is 4.25. The third kappa shape index (κ3) is 2.90. The van der Waals surface area contributed by atoms with Gasteiger partial charge in [0, 0.05) is 17.9 Å². The van der Waals surface area contributed by atoms with Gasteiger partial charge in [0.2, 0.25) is 0 Å². The summed E-state index contributed by atoms with van der Waals surface area (Å²) in [6, 6.07) is 8.69. The van der Waals surface area contributed by atoms with E-state index >= 15 is 0 Å². The molecule has 0 radical (unpaired) electrons. The van der Waals surface area contributed by atoms with Crippen LogP contribution in [0, 0.1) is 6.92 Å². The summed E-state index contributed by atoms with van der Waals surface area (Å²) in [5.41, 5.74) is 12.4. The molecule has 0 spiro atoms. The number of nitrogens with two attached hydrogens (primary N) is 1. The summed E-state index contributed by atoms with van der Waals surface area (Å²) in [6.07, 6.45) is 4.23. The lowest BCUT2D eigenvalue weighted by Gasteiger charge is -2.42. The molecule has 0 fully saturated rings. The van der Waals surface area contributed by atoms with Crippen molar-refractivity contribution in [3.05, 3.63) is 59.3 Å². The maximum absolute atomic E-state index is 11.8. The molecule has 1 aromatic heterocycles. The standard InChI is InChI=1S/C23H30N2O/c1-7-12-25-15(2)17(21(24)26)14-20(25)16-8-9-18-19(13-16)23(5,6)11-10-22(18,3)4/h7-9,13-14H,1,10-12H2,2-6H3,(H2,24,26). The summed E-state index contributed by atoms with van der Waals surface area (Å²) in [5.74, 6) is -0.383. The predicted molar refractivity (Wildman–Crippen MR) is 109 cm³/mol. The van der Waals surface area contributed by atoms with Crippen molar-refractivity contribution in [3.8, 4) is 11.3 Å². The molecule has 3 nitrogen and oxygen atoms in total. The Bertz CT molecular complexity index is 884. The number of hydrogen-bond acceptors (Lipinski definition) is 1. The highest BCUT2D eigenvalue weighted by atomic mass is 16.1. The van der Waals surface area contributed by atoms with Gasteiger partial charge in [0.1, 0.15) is 0 Å². The van der Waals surface area contributed by atoms with Crippen LogP contribution in [0.3, 0.4) is 0 Å². The Morgan fingerprint density at radius 3 is 2.35 bits per heavy atom. The van der Waals surface area contributed by atoms with E-state index in [0.717, 1.165) is 17.0 Å². The number of primary amides is 1. The van der Waals surface area contributed by atoms with Crippen LogP contribution in [0.1, 0.15) is 67.7 Å². The molecule has 1 aromatic carbocycles. The number of fused-ring (bicyclic) bond motifs is 1. The summed E-state index contributed by atoms with van der Waals surface area (Å²) in [6.45, 7) is 15.8. The van der Waals surface area contributed by atoms with Crippen LogP contribution in [0.2, 0.25) is 0 Å². The first-order valence-electron chi connectivity index (χ1n) is 9.35. The number of rotatable bonds is 4. The molecule has 0 saturated heterocycles. The second-order valence-electron chi connectivity index (χ2n) is 8.82. The van der Waals surface area contributed by atoms with E-state index in [4.69, 9.17) is 5.73 Å². The molecule has 2 aromatic rings. The lowest BCUT2D eigenvalue weighted by Crippen LogP contribution is -2.33. The largest absolute Gasteiger partial charge is 0.366 e. The second kappa shape index (κ2) is 6.15. The number of carbonyl (C=O) groups excluding carboxylic acids is 1. The Morgan fingerprint density at radius 2 is 1.77 bits per heavy atom. The van der Waals surface area contributed by atoms with Gasteiger partial charge in [0.15, 0.2) is 0 Å². The SMILES string of the molecule is C=CCn1c(-c2ccc3c(c2)C(C)(C)CCC3(C)C)cc(C(N)=O)c1C. The lowest BCUT2D eigenvalue weighted by atomic mass is 9.63. The number of carbonyl (C=O) groups is 1. The molecule has 138 valence electrons. The highest BCUT2D eigenvalue weighted by molar-refractivity contribution is 5.95. The molecular weight excluding hydrogens is 320 g/mol. The number of nitrogens with zero attached hydrogens (tertiary/aromatic N) is 1. The van der Waals surface area contributed by atoms with Gasteiger partial charge in [-0.1, -0.05) is 45.9 Å². The van der Waals surface area contributed by atoms with Crippen molar-refractivity contribution in [2.24, 2.45) is 5.73 Å². The third-order valence-electron chi connectivity index (χ3n) is 6.09. The molecular formula is C23H30N2O. The zero-order valence-corrected chi connectivity index (χ0v) is 16.6. The normalized spacial score (nSPS) is 17.6. The molecule has 0 unspecified atom stereocenters. The average molecular weight is 351 g/mol. The Hall–Kier alpha value is -2.29. The van der Waals surface area contributed by atoms with Crippen LogP contribution >= 0.6 is 0 Å². The predicted octanol–water partition coefficient (Wildman–Crippen LogP) is 5.10. The van der Waals surface area contributed by atoms with Gasteiger partial charge in [-0.05, 0) is 59.4 Å². The smallest absolute Gasteiger partial charge is 0.250 e. The minimum absolute atomic E-state index is 0.151. The first-order chi connectivity index (χ1) is 12.1. The molecule has 3 heteroatoms. The number of benzene rings is 1. The highest BCUT2D eigenvalue weighted by Gasteiger charge is 2.37. The molecule has 0 aliphatic heterocycles. The van der Waals surface area contributed by atoms with E-state index in [-0.39, 0.29) is 16.7 Å². The number of allylic oxidation sites excluding steroid dienone is 1. The highest BCUT2D eigenvalue weighted by Crippen LogP contribution is 2.46. The Balaban J connectivity index is 2.22. The van der Waals surface area contributed by atoms with Gasteiger partial charge in [0.05, 0.1) is 5.56 Å². The first-order valence-corrected chi connectivity index (χ1v) is 9.35. The van der Waals surface area contributed by atoms with E-state index in [1.165, 1.54) is 24.0 Å². The maximum Gasteiger partial charge on any atom is 0.250 e. The summed E-state index contributed by atoms with van der Waals surface area (Å²) >= 11 is 0. The average Bonchev–Trinajstić information content (AvgIpc) is 2.89.